The van der Waals surface area contributed by atoms with E-state index in [9.17, 15) is 0 Å². The van der Waals surface area contributed by atoms with Gasteiger partial charge in [0.15, 0.2) is 0 Å². The van der Waals surface area contributed by atoms with Crippen LogP contribution in [0.5, 0.6) is 0 Å². The van der Waals surface area contributed by atoms with Crippen LogP contribution in [0.15, 0.2) is 11.8 Å². The topological polar surface area (TPSA) is 24.1 Å². The molecule has 0 aromatic heterocycles. The van der Waals surface area contributed by atoms with E-state index in [4.69, 9.17) is 0 Å². The number of nitrogens with one attached hydrogen (secondary N) is 2. The third-order valence-corrected chi connectivity index (χ3v) is 1.47. The van der Waals surface area contributed by atoms with Gasteiger partial charge in [-0.15, -0.1) is 5.70 Å². The first-order valence-electron chi connectivity index (χ1n) is 3.44. The van der Waals surface area contributed by atoms with Crippen molar-refractivity contribution in [1.82, 2.24) is 10.6 Å². The first kappa shape index (κ1) is 8.88. The maximum atomic E-state index is 3.21. The van der Waals surface area contributed by atoms with Crippen LogP contribution in [-0.4, -0.2) is 30.0 Å². The van der Waals surface area contributed by atoms with Crippen LogP contribution in [0, 0.1) is 0 Å². The van der Waals surface area contributed by atoms with E-state index in [0.29, 0.717) is 0 Å². The van der Waals surface area contributed by atoms with Crippen molar-refractivity contribution >= 4 is 10.2 Å². The van der Waals surface area contributed by atoms with Gasteiger partial charge in [0.25, 0.3) is 0 Å². The molecular weight excluding hydrogens is 128 g/mol. The van der Waals surface area contributed by atoms with Gasteiger partial charge in [0.05, 0.1) is 0 Å². The van der Waals surface area contributed by atoms with Crippen molar-refractivity contribution in [2.45, 2.75) is 6.92 Å². The van der Waals surface area contributed by atoms with Crippen LogP contribution in [0.25, 0.3) is 0 Å². The number of hydrogen-bond acceptors (Lipinski definition) is 2. The van der Waals surface area contributed by atoms with Crippen molar-refractivity contribution in [1.29, 1.82) is 0 Å². The molecule has 0 radical (unpaired) electrons. The van der Waals surface area contributed by atoms with Crippen LogP contribution in [0.4, 0.5) is 0 Å². The molecule has 0 aliphatic rings. The normalized spacial score (nSPS) is 11.2. The Kier molecular flexibility index (Phi) is 7.77. The first-order valence-corrected chi connectivity index (χ1v) is 4.59. The summed E-state index contributed by atoms with van der Waals surface area (Å²) in [5, 5.41) is 6.39. The van der Waals surface area contributed by atoms with Crippen LogP contribution in [-0.2, 0) is 0 Å². The molecule has 0 aliphatic carbocycles. The molecule has 2 N–H and O–H groups in total. The zero-order valence-corrected chi connectivity index (χ0v) is 8.28. The lowest BCUT2D eigenvalue weighted by molar-refractivity contribution is 0.631. The van der Waals surface area contributed by atoms with Gasteiger partial charge in [-0.3, -0.25) is 0 Å². The van der Waals surface area contributed by atoms with Crippen molar-refractivity contribution in [3.63, 3.8) is 0 Å². The second kappa shape index (κ2) is 7.88. The quantitative estimate of drug-likeness (QED) is 0.294. The predicted molar refractivity (Wildman–Crippen MR) is 45.6 cm³/mol. The fourth-order valence-electron chi connectivity index (χ4n) is 0.487. The molecule has 9 heavy (non-hydrogen) atoms. The monoisotopic (exact) mass is 144 g/mol. The number of hydrogen-bond donors (Lipinski definition) is 2. The molecule has 0 saturated carbocycles. The van der Waals surface area contributed by atoms with Gasteiger partial charge in [0.1, 0.15) is 0 Å². The summed E-state index contributed by atoms with van der Waals surface area (Å²) >= 11 is 0. The molecule has 0 amide bonds. The Balaban J connectivity index is 2.75. The summed E-state index contributed by atoms with van der Waals surface area (Å²) in [6.07, 6.45) is 2.16. The molecule has 0 atom stereocenters. The van der Waals surface area contributed by atoms with Crippen molar-refractivity contribution < 1.29 is 0 Å². The van der Waals surface area contributed by atoms with E-state index in [-0.39, 0.29) is 0 Å². The molecular formula is C6H16N2Si. The predicted octanol–water partition coefficient (Wildman–Crippen LogP) is -0.978. The fraction of sp³-hybridized carbons (Fsp3) is 0.667. The SMILES string of the molecule is CCNCNCC=C[SiH3]. The third-order valence-electron chi connectivity index (χ3n) is 0.998. The van der Waals surface area contributed by atoms with Crippen molar-refractivity contribution in [2.75, 3.05) is 19.8 Å². The fourth-order valence-corrected chi connectivity index (χ4v) is 0.722. The Morgan fingerprint density at radius 3 is 2.78 bits per heavy atom. The zero-order chi connectivity index (χ0) is 6.95. The summed E-state index contributed by atoms with van der Waals surface area (Å²) in [4.78, 5) is 0. The second-order valence-corrected chi connectivity index (χ2v) is 2.47. The van der Waals surface area contributed by atoms with Gasteiger partial charge in [-0.25, -0.2) is 0 Å². The van der Waals surface area contributed by atoms with Crippen molar-refractivity contribution in [2.24, 2.45) is 0 Å². The third kappa shape index (κ3) is 7.88. The summed E-state index contributed by atoms with van der Waals surface area (Å²) in [7, 11) is 1.17. The Hall–Kier alpha value is -0.123. The minimum Gasteiger partial charge on any atom is -0.305 e. The highest BCUT2D eigenvalue weighted by Gasteiger charge is 1.76. The highest BCUT2D eigenvalue weighted by molar-refractivity contribution is 6.16. The van der Waals surface area contributed by atoms with Crippen LogP contribution >= 0.6 is 0 Å². The van der Waals surface area contributed by atoms with E-state index in [1.807, 2.05) is 0 Å². The molecule has 0 aromatic carbocycles. The van der Waals surface area contributed by atoms with E-state index in [1.165, 1.54) is 10.2 Å². The molecule has 0 fully saturated rings. The van der Waals surface area contributed by atoms with Crippen molar-refractivity contribution in [3.8, 4) is 0 Å². The molecule has 0 aromatic rings. The molecule has 0 aliphatic heterocycles. The lowest BCUT2D eigenvalue weighted by Gasteiger charge is -1.99. The molecule has 0 heterocycles. The maximum absolute atomic E-state index is 3.21. The van der Waals surface area contributed by atoms with Gasteiger partial charge in [0, 0.05) is 23.5 Å². The Bertz CT molecular complexity index is 73.5. The Morgan fingerprint density at radius 1 is 1.44 bits per heavy atom. The Labute approximate surface area is 60.1 Å². The molecule has 54 valence electrons. The van der Waals surface area contributed by atoms with E-state index in [2.05, 4.69) is 29.3 Å². The van der Waals surface area contributed by atoms with Crippen LogP contribution in [0.1, 0.15) is 6.92 Å². The van der Waals surface area contributed by atoms with E-state index in [0.717, 1.165) is 19.8 Å². The highest BCUT2D eigenvalue weighted by atomic mass is 28.1. The molecule has 0 unspecified atom stereocenters. The Morgan fingerprint density at radius 2 is 2.22 bits per heavy atom. The minimum atomic E-state index is 0.919. The van der Waals surface area contributed by atoms with Crippen LogP contribution in [0.3, 0.4) is 0 Å². The number of rotatable bonds is 5. The average molecular weight is 144 g/mol. The van der Waals surface area contributed by atoms with E-state index < -0.39 is 0 Å². The lowest BCUT2D eigenvalue weighted by Crippen LogP contribution is -2.28. The minimum absolute atomic E-state index is 0.919. The zero-order valence-electron chi connectivity index (χ0n) is 6.28. The maximum Gasteiger partial charge on any atom is 0.0456 e. The van der Waals surface area contributed by atoms with Gasteiger partial charge in [-0.05, 0) is 6.54 Å². The molecule has 3 heteroatoms. The summed E-state index contributed by atoms with van der Waals surface area (Å²) in [5.74, 6) is 0. The summed E-state index contributed by atoms with van der Waals surface area (Å²) in [5.41, 5.74) is 2.18. The van der Waals surface area contributed by atoms with Gasteiger partial charge in [0.2, 0.25) is 0 Å². The van der Waals surface area contributed by atoms with Crippen LogP contribution in [0.2, 0.25) is 0 Å². The second-order valence-electron chi connectivity index (χ2n) is 1.80. The lowest BCUT2D eigenvalue weighted by atomic mass is 10.6. The van der Waals surface area contributed by atoms with Gasteiger partial charge < -0.3 is 10.6 Å². The van der Waals surface area contributed by atoms with E-state index in [1.54, 1.807) is 0 Å². The smallest absolute Gasteiger partial charge is 0.0456 e. The highest BCUT2D eigenvalue weighted by Crippen LogP contribution is 1.61. The van der Waals surface area contributed by atoms with Gasteiger partial charge in [-0.1, -0.05) is 13.0 Å². The molecule has 0 rings (SSSR count). The van der Waals surface area contributed by atoms with E-state index >= 15 is 0 Å². The first-order chi connectivity index (χ1) is 4.41. The van der Waals surface area contributed by atoms with Gasteiger partial charge >= 0.3 is 0 Å². The van der Waals surface area contributed by atoms with Crippen molar-refractivity contribution in [3.05, 3.63) is 11.8 Å². The summed E-state index contributed by atoms with van der Waals surface area (Å²) in [6.45, 7) is 5.06. The molecule has 0 spiro atoms. The largest absolute Gasteiger partial charge is 0.305 e. The molecule has 2 nitrogen and oxygen atoms in total. The standard InChI is InChI=1S/C6H16N2Si/c1-2-7-6-8-4-3-5-9/h3,5,7-8H,2,4,6H2,1,9H3. The summed E-state index contributed by atoms with van der Waals surface area (Å²) < 4.78 is 0. The molecule has 0 saturated heterocycles. The van der Waals surface area contributed by atoms with Crippen LogP contribution < -0.4 is 10.6 Å². The molecule has 0 bridgehead atoms. The van der Waals surface area contributed by atoms with Gasteiger partial charge in [-0.2, -0.15) is 0 Å². The average Bonchev–Trinajstić information content (AvgIpc) is 1.89. The summed E-state index contributed by atoms with van der Waals surface area (Å²) in [6, 6.07) is 0.